The molecular weight excluding hydrogens is 208 g/mol. The van der Waals surface area contributed by atoms with Crippen LogP contribution in [0.5, 0.6) is 0 Å². The summed E-state index contributed by atoms with van der Waals surface area (Å²) in [6.07, 6.45) is 0. The fourth-order valence-electron chi connectivity index (χ4n) is 1.40. The average Bonchev–Trinajstić information content (AvgIpc) is 2.68. The van der Waals surface area contributed by atoms with Gasteiger partial charge in [0.05, 0.1) is 5.69 Å². The zero-order valence-corrected chi connectivity index (χ0v) is 9.25. The average molecular weight is 220 g/mol. The summed E-state index contributed by atoms with van der Waals surface area (Å²) in [6.45, 7) is 2.44. The molecule has 0 aliphatic rings. The lowest BCUT2D eigenvalue weighted by Gasteiger charge is -2.00. The summed E-state index contributed by atoms with van der Waals surface area (Å²) < 4.78 is 0. The quantitative estimate of drug-likeness (QED) is 0.808. The molecule has 0 spiro atoms. The smallest absolute Gasteiger partial charge is 0.123 e. The van der Waals surface area contributed by atoms with Gasteiger partial charge >= 0.3 is 0 Å². The Kier molecular flexibility index (Phi) is 3.11. The number of hydrogen-bond acceptors (Lipinski definition) is 4. The molecule has 2 rings (SSSR count). The van der Waals surface area contributed by atoms with Crippen LogP contribution < -0.4 is 5.90 Å². The van der Waals surface area contributed by atoms with Gasteiger partial charge in [0, 0.05) is 10.9 Å². The molecule has 2 N–H and O–H groups in total. The van der Waals surface area contributed by atoms with Crippen molar-refractivity contribution in [2.24, 2.45) is 5.90 Å². The molecular formula is C11H12N2OS. The molecule has 0 saturated heterocycles. The zero-order valence-electron chi connectivity index (χ0n) is 8.43. The minimum Gasteiger partial charge on any atom is -0.298 e. The van der Waals surface area contributed by atoms with Crippen molar-refractivity contribution in [2.45, 2.75) is 13.5 Å². The Bertz CT molecular complexity index is 453. The first-order chi connectivity index (χ1) is 7.31. The van der Waals surface area contributed by atoms with Crippen molar-refractivity contribution in [2.75, 3.05) is 0 Å². The van der Waals surface area contributed by atoms with Crippen molar-refractivity contribution in [1.29, 1.82) is 0 Å². The first-order valence-electron chi connectivity index (χ1n) is 4.63. The first kappa shape index (κ1) is 10.3. The lowest BCUT2D eigenvalue weighted by atomic mass is 10.1. The van der Waals surface area contributed by atoms with E-state index < -0.39 is 0 Å². The molecule has 3 nitrogen and oxygen atoms in total. The summed E-state index contributed by atoms with van der Waals surface area (Å²) in [4.78, 5) is 9.00. The number of nitrogens with two attached hydrogens (primary N) is 1. The molecule has 0 radical (unpaired) electrons. The third-order valence-corrected chi connectivity index (χ3v) is 3.08. The van der Waals surface area contributed by atoms with E-state index >= 15 is 0 Å². The fourth-order valence-corrected chi connectivity index (χ4v) is 2.29. The van der Waals surface area contributed by atoms with Crippen LogP contribution in [0.15, 0.2) is 29.6 Å². The maximum atomic E-state index is 5.00. The monoisotopic (exact) mass is 220 g/mol. The van der Waals surface area contributed by atoms with Gasteiger partial charge in [-0.1, -0.05) is 24.3 Å². The topological polar surface area (TPSA) is 48.1 Å². The Morgan fingerprint density at radius 2 is 2.20 bits per heavy atom. The molecule has 1 heterocycles. The minimum absolute atomic E-state index is 0.363. The summed E-state index contributed by atoms with van der Waals surface area (Å²) in [6, 6.07) is 8.19. The van der Waals surface area contributed by atoms with Crippen molar-refractivity contribution in [1.82, 2.24) is 4.98 Å². The largest absolute Gasteiger partial charge is 0.298 e. The number of rotatable bonds is 3. The van der Waals surface area contributed by atoms with E-state index in [0.717, 1.165) is 10.7 Å². The van der Waals surface area contributed by atoms with E-state index in [1.54, 1.807) is 11.3 Å². The minimum atomic E-state index is 0.363. The third kappa shape index (κ3) is 2.23. The van der Waals surface area contributed by atoms with Crippen LogP contribution in [0.3, 0.4) is 0 Å². The van der Waals surface area contributed by atoms with Crippen LogP contribution in [-0.2, 0) is 11.4 Å². The van der Waals surface area contributed by atoms with Crippen LogP contribution in [0.25, 0.3) is 10.6 Å². The van der Waals surface area contributed by atoms with E-state index in [4.69, 9.17) is 5.90 Å². The lowest BCUT2D eigenvalue weighted by Crippen LogP contribution is -1.98. The van der Waals surface area contributed by atoms with Gasteiger partial charge in [0.15, 0.2) is 0 Å². The zero-order chi connectivity index (χ0) is 10.7. The normalized spacial score (nSPS) is 10.5. The van der Waals surface area contributed by atoms with Crippen LogP contribution in [0.2, 0.25) is 0 Å². The van der Waals surface area contributed by atoms with Crippen molar-refractivity contribution in [3.05, 3.63) is 40.9 Å². The molecule has 0 unspecified atom stereocenters. The second-order valence-corrected chi connectivity index (χ2v) is 4.13. The first-order valence-corrected chi connectivity index (χ1v) is 5.51. The number of thiazole rings is 1. The van der Waals surface area contributed by atoms with Gasteiger partial charge in [0.1, 0.15) is 11.6 Å². The predicted octanol–water partition coefficient (Wildman–Crippen LogP) is 2.51. The van der Waals surface area contributed by atoms with Crippen LogP contribution in [-0.4, -0.2) is 4.98 Å². The SMILES string of the molecule is Cc1ccccc1-c1nc(CON)cs1. The molecule has 0 amide bonds. The lowest BCUT2D eigenvalue weighted by molar-refractivity contribution is 0.122. The van der Waals surface area contributed by atoms with Crippen molar-refractivity contribution < 1.29 is 4.84 Å². The summed E-state index contributed by atoms with van der Waals surface area (Å²) in [5.41, 5.74) is 3.28. The summed E-state index contributed by atoms with van der Waals surface area (Å²) in [7, 11) is 0. The molecule has 78 valence electrons. The predicted molar refractivity (Wildman–Crippen MR) is 61.3 cm³/mol. The summed E-state index contributed by atoms with van der Waals surface area (Å²) >= 11 is 1.61. The number of benzene rings is 1. The Hall–Kier alpha value is -1.23. The second-order valence-electron chi connectivity index (χ2n) is 3.27. The Labute approximate surface area is 92.5 Å². The highest BCUT2D eigenvalue weighted by atomic mass is 32.1. The van der Waals surface area contributed by atoms with E-state index in [0.29, 0.717) is 6.61 Å². The van der Waals surface area contributed by atoms with Crippen LogP contribution in [0, 0.1) is 6.92 Å². The van der Waals surface area contributed by atoms with Crippen molar-refractivity contribution >= 4 is 11.3 Å². The maximum Gasteiger partial charge on any atom is 0.123 e. The molecule has 0 fully saturated rings. The highest BCUT2D eigenvalue weighted by Crippen LogP contribution is 2.26. The number of hydrogen-bond donors (Lipinski definition) is 1. The Morgan fingerprint density at radius 1 is 1.40 bits per heavy atom. The molecule has 0 aliphatic carbocycles. The van der Waals surface area contributed by atoms with Gasteiger partial charge in [0.25, 0.3) is 0 Å². The maximum absolute atomic E-state index is 5.00. The number of aromatic nitrogens is 1. The second kappa shape index (κ2) is 4.53. The van der Waals surface area contributed by atoms with Gasteiger partial charge in [-0.3, -0.25) is 4.84 Å². The van der Waals surface area contributed by atoms with Gasteiger partial charge < -0.3 is 0 Å². The van der Waals surface area contributed by atoms with Crippen molar-refractivity contribution in [3.8, 4) is 10.6 Å². The molecule has 0 atom stereocenters. The third-order valence-electron chi connectivity index (χ3n) is 2.16. The van der Waals surface area contributed by atoms with E-state index in [-0.39, 0.29) is 0 Å². The van der Waals surface area contributed by atoms with Gasteiger partial charge in [-0.25, -0.2) is 10.9 Å². The van der Waals surface area contributed by atoms with Crippen LogP contribution in [0.4, 0.5) is 0 Å². The molecule has 15 heavy (non-hydrogen) atoms. The van der Waals surface area contributed by atoms with Gasteiger partial charge in [0.2, 0.25) is 0 Å². The fraction of sp³-hybridized carbons (Fsp3) is 0.182. The van der Waals surface area contributed by atoms with Gasteiger partial charge in [-0.05, 0) is 12.5 Å². The van der Waals surface area contributed by atoms with E-state index in [1.807, 2.05) is 17.5 Å². The summed E-state index contributed by atoms with van der Waals surface area (Å²) in [5, 5.41) is 2.98. The van der Waals surface area contributed by atoms with Crippen molar-refractivity contribution in [3.63, 3.8) is 0 Å². The van der Waals surface area contributed by atoms with E-state index in [9.17, 15) is 0 Å². The van der Waals surface area contributed by atoms with Gasteiger partial charge in [-0.15, -0.1) is 11.3 Å². The Morgan fingerprint density at radius 3 is 2.93 bits per heavy atom. The molecule has 1 aromatic carbocycles. The molecule has 1 aromatic heterocycles. The molecule has 4 heteroatoms. The molecule has 2 aromatic rings. The van der Waals surface area contributed by atoms with Crippen LogP contribution >= 0.6 is 11.3 Å². The Balaban J connectivity index is 2.33. The highest BCUT2D eigenvalue weighted by molar-refractivity contribution is 7.13. The number of aryl methyl sites for hydroxylation is 1. The van der Waals surface area contributed by atoms with E-state index in [2.05, 4.69) is 28.9 Å². The van der Waals surface area contributed by atoms with Crippen LogP contribution in [0.1, 0.15) is 11.3 Å². The standard InChI is InChI=1S/C11H12N2OS/c1-8-4-2-3-5-10(8)11-13-9(6-14-12)7-15-11/h2-5,7H,6,12H2,1H3. The highest BCUT2D eigenvalue weighted by Gasteiger charge is 2.06. The van der Waals surface area contributed by atoms with Gasteiger partial charge in [-0.2, -0.15) is 0 Å². The molecule has 0 saturated carbocycles. The molecule has 0 bridgehead atoms. The number of nitrogens with zero attached hydrogens (tertiary/aromatic N) is 1. The van der Waals surface area contributed by atoms with E-state index in [1.165, 1.54) is 11.1 Å². The summed E-state index contributed by atoms with van der Waals surface area (Å²) in [5.74, 6) is 5.00. The molecule has 0 aliphatic heterocycles.